The highest BCUT2D eigenvalue weighted by atomic mass is 35.5. The normalized spacial score (nSPS) is 29.5. The number of pyridine rings is 1. The van der Waals surface area contributed by atoms with E-state index >= 15 is 0 Å². The van der Waals surface area contributed by atoms with E-state index < -0.39 is 14.1 Å². The van der Waals surface area contributed by atoms with Crippen LogP contribution in [0.3, 0.4) is 0 Å². The average molecular weight is 439 g/mol. The molecule has 0 bridgehead atoms. The number of rotatable bonds is 4. The summed E-state index contributed by atoms with van der Waals surface area (Å²) in [5.41, 5.74) is 0.966. The molecule has 0 saturated carbocycles. The van der Waals surface area contributed by atoms with Crippen molar-refractivity contribution in [2.45, 2.75) is 83.1 Å². The molecule has 0 amide bonds. The predicted molar refractivity (Wildman–Crippen MR) is 116 cm³/mol. The van der Waals surface area contributed by atoms with Gasteiger partial charge in [-0.05, 0) is 44.1 Å². The molecule has 2 fully saturated rings. The lowest BCUT2D eigenvalue weighted by molar-refractivity contribution is -0.199. The lowest BCUT2D eigenvalue weighted by atomic mass is 10.1. The zero-order valence-electron chi connectivity index (χ0n) is 18.2. The lowest BCUT2D eigenvalue weighted by Crippen LogP contribution is -2.44. The molecule has 0 radical (unpaired) electrons. The van der Waals surface area contributed by atoms with Gasteiger partial charge < -0.3 is 23.2 Å². The highest BCUT2D eigenvalue weighted by Crippen LogP contribution is 2.45. The van der Waals surface area contributed by atoms with Crippen molar-refractivity contribution in [1.82, 2.24) is 9.55 Å². The second kappa shape index (κ2) is 7.04. The lowest BCUT2D eigenvalue weighted by Gasteiger charge is -2.37. The summed E-state index contributed by atoms with van der Waals surface area (Å²) < 4.78 is 27.5. The van der Waals surface area contributed by atoms with Gasteiger partial charge >= 0.3 is 0 Å². The number of aromatic nitrogens is 2. The topological polar surface area (TPSA) is 54.7 Å². The number of nitrogens with zero attached hydrogens (tertiary/aromatic N) is 2. The molecule has 0 aromatic carbocycles. The summed E-state index contributed by atoms with van der Waals surface area (Å²) >= 11 is 6.27. The summed E-state index contributed by atoms with van der Waals surface area (Å²) in [4.78, 5) is 4.17. The maximum Gasteiger partial charge on any atom is 0.192 e. The van der Waals surface area contributed by atoms with Crippen LogP contribution >= 0.6 is 11.6 Å². The molecule has 2 aliphatic heterocycles. The van der Waals surface area contributed by atoms with E-state index in [-0.39, 0.29) is 29.6 Å². The Kier molecular flexibility index (Phi) is 5.16. The molecule has 4 rings (SSSR count). The maximum absolute atomic E-state index is 6.47. The molecule has 0 spiro atoms. The molecular weight excluding hydrogens is 408 g/mol. The molecule has 2 aliphatic rings. The summed E-state index contributed by atoms with van der Waals surface area (Å²) in [5.74, 6) is -0.658. The van der Waals surface area contributed by atoms with Crippen LogP contribution in [0.1, 0.15) is 40.8 Å². The number of hydrogen-bond donors (Lipinski definition) is 0. The van der Waals surface area contributed by atoms with Gasteiger partial charge in [-0.2, -0.15) is 0 Å². The van der Waals surface area contributed by atoms with Gasteiger partial charge in [-0.25, -0.2) is 4.98 Å². The molecule has 4 heterocycles. The Labute approximate surface area is 178 Å². The SMILES string of the molecule is CC1(C)O[C@@H]2[C@H](O1)[C@@H](CO[Si](C)(C)C(C)(C)C)O[C@H]2n1ccc2c(Cl)nccc21. The second-order valence-electron chi connectivity index (χ2n) is 9.96. The molecule has 4 atom stereocenters. The van der Waals surface area contributed by atoms with Crippen molar-refractivity contribution in [1.29, 1.82) is 0 Å². The van der Waals surface area contributed by atoms with Crippen LogP contribution in [0.2, 0.25) is 23.3 Å². The van der Waals surface area contributed by atoms with Crippen LogP contribution in [0, 0.1) is 0 Å². The number of halogens is 1. The first-order valence-electron chi connectivity index (χ1n) is 10.2. The van der Waals surface area contributed by atoms with Crippen LogP contribution in [0.5, 0.6) is 0 Å². The van der Waals surface area contributed by atoms with Gasteiger partial charge in [0.1, 0.15) is 23.5 Å². The standard InChI is InChI=1S/C21H31ClN2O4Si/c1-20(2,3)29(6,7)25-12-15-16-17(28-21(4,5)27-16)19(26-15)24-11-9-13-14(24)8-10-23-18(13)22/h8-11,15-17,19H,12H2,1-7H3/t15-,16-,17-,19-/m1/s1. The largest absolute Gasteiger partial charge is 0.414 e. The first kappa shape index (κ1) is 21.3. The molecule has 29 heavy (non-hydrogen) atoms. The number of hydrogen-bond acceptors (Lipinski definition) is 5. The first-order chi connectivity index (χ1) is 13.4. The second-order valence-corrected chi connectivity index (χ2v) is 15.1. The Bertz CT molecular complexity index is 908. The smallest absolute Gasteiger partial charge is 0.192 e. The predicted octanol–water partition coefficient (Wildman–Crippen LogP) is 5.13. The quantitative estimate of drug-likeness (QED) is 0.489. The van der Waals surface area contributed by atoms with Gasteiger partial charge in [0.05, 0.1) is 12.1 Å². The van der Waals surface area contributed by atoms with Crippen LogP contribution in [0.25, 0.3) is 10.9 Å². The minimum atomic E-state index is -1.90. The zero-order valence-corrected chi connectivity index (χ0v) is 20.0. The van der Waals surface area contributed by atoms with Gasteiger partial charge in [-0.15, -0.1) is 0 Å². The number of ether oxygens (including phenoxy) is 3. The van der Waals surface area contributed by atoms with Crippen molar-refractivity contribution in [2.24, 2.45) is 0 Å². The molecule has 2 aromatic heterocycles. The maximum atomic E-state index is 6.47. The molecule has 2 aromatic rings. The van der Waals surface area contributed by atoms with Gasteiger partial charge in [-0.3, -0.25) is 0 Å². The number of fused-ring (bicyclic) bond motifs is 2. The van der Waals surface area contributed by atoms with Crippen molar-refractivity contribution in [3.63, 3.8) is 0 Å². The summed E-state index contributed by atoms with van der Waals surface area (Å²) in [7, 11) is -1.90. The molecule has 0 unspecified atom stereocenters. The summed E-state index contributed by atoms with van der Waals surface area (Å²) in [6.45, 7) is 15.6. The third kappa shape index (κ3) is 3.77. The van der Waals surface area contributed by atoms with Gasteiger partial charge in [0, 0.05) is 17.8 Å². The highest BCUT2D eigenvalue weighted by molar-refractivity contribution is 6.74. The van der Waals surface area contributed by atoms with Gasteiger partial charge in [0.25, 0.3) is 0 Å². The molecule has 0 aliphatic carbocycles. The molecule has 6 nitrogen and oxygen atoms in total. The van der Waals surface area contributed by atoms with E-state index in [0.717, 1.165) is 10.9 Å². The Balaban J connectivity index is 1.62. The summed E-state index contributed by atoms with van der Waals surface area (Å²) in [6, 6.07) is 3.91. The van der Waals surface area contributed by atoms with Crippen molar-refractivity contribution in [3.05, 3.63) is 29.7 Å². The van der Waals surface area contributed by atoms with E-state index in [1.807, 2.05) is 32.2 Å². The molecule has 2 saturated heterocycles. The zero-order chi connectivity index (χ0) is 21.2. The Morgan fingerprint density at radius 2 is 1.90 bits per heavy atom. The Morgan fingerprint density at radius 3 is 2.59 bits per heavy atom. The van der Waals surface area contributed by atoms with Crippen LogP contribution in [-0.2, 0) is 18.6 Å². The van der Waals surface area contributed by atoms with Crippen molar-refractivity contribution >= 4 is 30.8 Å². The van der Waals surface area contributed by atoms with Crippen molar-refractivity contribution in [3.8, 4) is 0 Å². The van der Waals surface area contributed by atoms with Gasteiger partial charge in [0.15, 0.2) is 20.3 Å². The van der Waals surface area contributed by atoms with Crippen LogP contribution < -0.4 is 0 Å². The fourth-order valence-electron chi connectivity index (χ4n) is 3.80. The minimum absolute atomic E-state index is 0.136. The van der Waals surface area contributed by atoms with E-state index in [1.54, 1.807) is 6.20 Å². The van der Waals surface area contributed by atoms with Crippen LogP contribution in [0.15, 0.2) is 24.5 Å². The Morgan fingerprint density at radius 1 is 1.21 bits per heavy atom. The summed E-state index contributed by atoms with van der Waals surface area (Å²) in [5, 5.41) is 1.52. The fraction of sp³-hybridized carbons (Fsp3) is 0.667. The minimum Gasteiger partial charge on any atom is -0.414 e. The molecule has 160 valence electrons. The third-order valence-corrected chi connectivity index (χ3v) is 11.2. The van der Waals surface area contributed by atoms with Crippen LogP contribution in [0.4, 0.5) is 0 Å². The van der Waals surface area contributed by atoms with Crippen LogP contribution in [-0.4, -0.2) is 48.6 Å². The van der Waals surface area contributed by atoms with Crippen molar-refractivity contribution < 1.29 is 18.6 Å². The molecular formula is C21H31ClN2O4Si. The van der Waals surface area contributed by atoms with Gasteiger partial charge in [0.2, 0.25) is 0 Å². The van der Waals surface area contributed by atoms with E-state index in [2.05, 4.69) is 43.4 Å². The van der Waals surface area contributed by atoms with E-state index in [1.165, 1.54) is 0 Å². The fourth-order valence-corrected chi connectivity index (χ4v) is 5.03. The van der Waals surface area contributed by atoms with Gasteiger partial charge in [-0.1, -0.05) is 32.4 Å². The Hall–Kier alpha value is -0.963. The third-order valence-electron chi connectivity index (χ3n) is 6.41. The highest BCUT2D eigenvalue weighted by Gasteiger charge is 2.56. The monoisotopic (exact) mass is 438 g/mol. The summed E-state index contributed by atoms with van der Waals surface area (Å²) in [6.07, 6.45) is 2.77. The van der Waals surface area contributed by atoms with E-state index in [0.29, 0.717) is 11.8 Å². The van der Waals surface area contributed by atoms with E-state index in [9.17, 15) is 0 Å². The van der Waals surface area contributed by atoms with Crippen molar-refractivity contribution in [2.75, 3.05) is 6.61 Å². The first-order valence-corrected chi connectivity index (χ1v) is 13.4. The molecule has 8 heteroatoms. The van der Waals surface area contributed by atoms with E-state index in [4.69, 9.17) is 30.2 Å². The average Bonchev–Trinajstić information content (AvgIpc) is 3.24. The molecule has 0 N–H and O–H groups in total.